The Bertz CT molecular complexity index is 444. The molecule has 19 heavy (non-hydrogen) atoms. The summed E-state index contributed by atoms with van der Waals surface area (Å²) in [5.74, 6) is -1.12. The summed E-state index contributed by atoms with van der Waals surface area (Å²) in [5.41, 5.74) is -1.74. The first kappa shape index (κ1) is 14.2. The minimum atomic E-state index is -4.46. The lowest BCUT2D eigenvalue weighted by Gasteiger charge is -2.30. The molecule has 0 saturated carbocycles. The van der Waals surface area contributed by atoms with Gasteiger partial charge in [0.05, 0.1) is 0 Å². The average molecular weight is 273 g/mol. The molecule has 2 rings (SSSR count). The van der Waals surface area contributed by atoms with E-state index in [4.69, 9.17) is 9.31 Å². The zero-order valence-corrected chi connectivity index (χ0v) is 11.2. The van der Waals surface area contributed by atoms with E-state index in [1.165, 1.54) is 13.0 Å². The first-order chi connectivity index (χ1) is 8.83. The highest BCUT2D eigenvalue weighted by molar-refractivity contribution is 6.57. The van der Waals surface area contributed by atoms with Crippen molar-refractivity contribution in [1.82, 2.24) is 0 Å². The Hall–Kier alpha value is -1.24. The van der Waals surface area contributed by atoms with Gasteiger partial charge in [-0.2, -0.15) is 0 Å². The number of halogens is 2. The second kappa shape index (κ2) is 4.70. The predicted molar refractivity (Wildman–Crippen MR) is 67.1 cm³/mol. The summed E-state index contributed by atoms with van der Waals surface area (Å²) in [6.07, 6.45) is 3.22. The van der Waals surface area contributed by atoms with Crippen molar-refractivity contribution in [1.29, 1.82) is 0 Å². The van der Waals surface area contributed by atoms with Crippen LogP contribution in [-0.4, -0.2) is 42.1 Å². The molecule has 0 unspecified atom stereocenters. The van der Waals surface area contributed by atoms with Gasteiger partial charge in [-0.25, -0.2) is 4.58 Å². The van der Waals surface area contributed by atoms with Gasteiger partial charge in [-0.15, -0.1) is 6.58 Å². The van der Waals surface area contributed by atoms with Gasteiger partial charge in [-0.1, -0.05) is 13.0 Å². The number of hydrogen-bond donors (Lipinski definition) is 0. The number of carbonyl (C=O) groups is 1. The van der Waals surface area contributed by atoms with Crippen molar-refractivity contribution in [2.24, 2.45) is 5.92 Å². The van der Waals surface area contributed by atoms with Gasteiger partial charge in [-0.3, -0.25) is 4.79 Å². The summed E-state index contributed by atoms with van der Waals surface area (Å²) in [6, 6.07) is 0. The highest BCUT2D eigenvalue weighted by Crippen LogP contribution is 2.39. The van der Waals surface area contributed by atoms with Crippen molar-refractivity contribution in [3.8, 4) is 0 Å². The van der Waals surface area contributed by atoms with Gasteiger partial charge in [0.25, 0.3) is 0 Å². The molecule has 106 valence electrons. The van der Waals surface area contributed by atoms with E-state index in [0.717, 1.165) is 12.8 Å². The molecule has 0 aromatic rings. The summed E-state index contributed by atoms with van der Waals surface area (Å²) >= 11 is 0. The smallest absolute Gasteiger partial charge is 0.591 e. The molecule has 0 aromatic carbocycles. The standard InChI is InChI=1S/C12H18BF2NO3/c1-4-9(2)12(10(3)17)11(16-7-5-6-8-16)18-13(14,15)19-12/h4,9H,1,5-8H2,2-3H3/t9-,12+/m1/s1. The topological polar surface area (TPSA) is 38.5 Å². The van der Waals surface area contributed by atoms with Crippen LogP contribution in [0.25, 0.3) is 0 Å². The lowest BCUT2D eigenvalue weighted by Crippen LogP contribution is -2.52. The molecule has 0 N–H and O–H groups in total. The van der Waals surface area contributed by atoms with Crippen molar-refractivity contribution in [2.75, 3.05) is 13.1 Å². The third kappa shape index (κ3) is 2.20. The van der Waals surface area contributed by atoms with Crippen LogP contribution in [0.2, 0.25) is 0 Å². The molecular weight excluding hydrogens is 255 g/mol. The molecule has 0 aromatic heterocycles. The van der Waals surface area contributed by atoms with Crippen LogP contribution in [0.5, 0.6) is 0 Å². The van der Waals surface area contributed by atoms with Gasteiger partial charge >= 0.3 is 13.0 Å². The molecule has 2 atom stereocenters. The molecule has 2 aliphatic heterocycles. The van der Waals surface area contributed by atoms with Gasteiger partial charge in [0.15, 0.2) is 5.78 Å². The van der Waals surface area contributed by atoms with Crippen LogP contribution in [-0.2, 0) is 14.1 Å². The fourth-order valence-electron chi connectivity index (χ4n) is 2.76. The highest BCUT2D eigenvalue weighted by atomic mass is 19.3. The van der Waals surface area contributed by atoms with E-state index in [-0.39, 0.29) is 5.90 Å². The number of ketones is 1. The quantitative estimate of drug-likeness (QED) is 0.447. The van der Waals surface area contributed by atoms with E-state index >= 15 is 0 Å². The van der Waals surface area contributed by atoms with Crippen LogP contribution in [0.3, 0.4) is 0 Å². The van der Waals surface area contributed by atoms with Gasteiger partial charge in [0.1, 0.15) is 13.1 Å². The van der Waals surface area contributed by atoms with E-state index in [9.17, 15) is 13.4 Å². The largest absolute Gasteiger partial charge is 0.668 e. The first-order valence-electron chi connectivity index (χ1n) is 6.48. The Morgan fingerprint density at radius 3 is 2.58 bits per heavy atom. The molecule has 0 bridgehead atoms. The van der Waals surface area contributed by atoms with Crippen LogP contribution < -0.4 is 0 Å². The lowest BCUT2D eigenvalue weighted by molar-refractivity contribution is -0.516. The maximum atomic E-state index is 13.6. The fourth-order valence-corrected chi connectivity index (χ4v) is 2.76. The minimum absolute atomic E-state index is 0.0464. The minimum Gasteiger partial charge on any atom is -0.591 e. The number of nitrogens with zero attached hydrogens (tertiary/aromatic N) is 1. The monoisotopic (exact) mass is 273 g/mol. The molecule has 2 saturated heterocycles. The lowest BCUT2D eigenvalue weighted by atomic mass is 9.84. The fraction of sp³-hybridized carbons (Fsp3) is 0.667. The normalized spacial score (nSPS) is 31.2. The molecule has 0 amide bonds. The Morgan fingerprint density at radius 2 is 2.11 bits per heavy atom. The molecule has 7 heteroatoms. The molecular formula is C12H18BF2NO3. The van der Waals surface area contributed by atoms with Gasteiger partial charge < -0.3 is 17.9 Å². The first-order valence-corrected chi connectivity index (χ1v) is 6.48. The van der Waals surface area contributed by atoms with Crippen LogP contribution in [0.15, 0.2) is 12.7 Å². The summed E-state index contributed by atoms with van der Waals surface area (Å²) in [4.78, 5) is 12.0. The maximum absolute atomic E-state index is 13.6. The second-order valence-corrected chi connectivity index (χ2v) is 5.09. The summed E-state index contributed by atoms with van der Waals surface area (Å²) in [7, 11) is -4.46. The summed E-state index contributed by atoms with van der Waals surface area (Å²) < 4.78 is 38.3. The van der Waals surface area contributed by atoms with Gasteiger partial charge in [0.2, 0.25) is 5.60 Å². The maximum Gasteiger partial charge on any atom is 0.668 e. The average Bonchev–Trinajstić information content (AvgIpc) is 2.93. The Kier molecular flexibility index (Phi) is 3.51. The molecule has 2 fully saturated rings. The Balaban J connectivity index is 2.57. The number of carbonyl (C=O) groups excluding carboxylic acids is 1. The highest BCUT2D eigenvalue weighted by Gasteiger charge is 2.63. The van der Waals surface area contributed by atoms with Crippen molar-refractivity contribution in [3.63, 3.8) is 0 Å². The molecule has 4 nitrogen and oxygen atoms in total. The number of hydrogen-bond acceptors (Lipinski definition) is 3. The van der Waals surface area contributed by atoms with Gasteiger partial charge in [-0.05, 0) is 6.92 Å². The van der Waals surface area contributed by atoms with Gasteiger partial charge in [0, 0.05) is 18.8 Å². The molecule has 0 spiro atoms. The molecule has 2 heterocycles. The summed E-state index contributed by atoms with van der Waals surface area (Å²) in [5, 5.41) is 0. The van der Waals surface area contributed by atoms with E-state index in [0.29, 0.717) is 13.1 Å². The zero-order chi connectivity index (χ0) is 14.3. The molecule has 0 radical (unpaired) electrons. The van der Waals surface area contributed by atoms with E-state index in [1.807, 2.05) is 0 Å². The van der Waals surface area contributed by atoms with E-state index in [2.05, 4.69) is 6.58 Å². The molecule has 2 aliphatic rings. The third-order valence-corrected chi connectivity index (χ3v) is 3.80. The van der Waals surface area contributed by atoms with Crippen molar-refractivity contribution < 1.29 is 27.3 Å². The van der Waals surface area contributed by atoms with Crippen LogP contribution in [0.4, 0.5) is 8.63 Å². The SMILES string of the molecule is C=C[C@@H](C)[C@@]1(C(C)=O)O[B-](F)(F)OC1=[N+]1CCCC1. The second-order valence-electron chi connectivity index (χ2n) is 5.09. The Morgan fingerprint density at radius 1 is 1.53 bits per heavy atom. The molecule has 0 aliphatic carbocycles. The van der Waals surface area contributed by atoms with Crippen molar-refractivity contribution in [3.05, 3.63) is 12.7 Å². The van der Waals surface area contributed by atoms with Crippen LogP contribution >= 0.6 is 0 Å². The number of Topliss-reactive ketones (excluding diaryl/α,β-unsaturated/α-hetero) is 1. The van der Waals surface area contributed by atoms with Crippen molar-refractivity contribution >= 4 is 18.8 Å². The number of rotatable bonds is 3. The van der Waals surface area contributed by atoms with Crippen LogP contribution in [0.1, 0.15) is 26.7 Å². The predicted octanol–water partition coefficient (Wildman–Crippen LogP) is 1.76. The summed E-state index contributed by atoms with van der Waals surface area (Å²) in [6.45, 7) is 7.66. The van der Waals surface area contributed by atoms with E-state index in [1.54, 1.807) is 11.5 Å². The van der Waals surface area contributed by atoms with Crippen LogP contribution in [0, 0.1) is 5.92 Å². The zero-order valence-electron chi connectivity index (χ0n) is 11.2. The third-order valence-electron chi connectivity index (χ3n) is 3.80. The Labute approximate surface area is 111 Å². The van der Waals surface area contributed by atoms with Crippen molar-refractivity contribution in [2.45, 2.75) is 32.3 Å². The van der Waals surface area contributed by atoms with E-state index < -0.39 is 24.4 Å².